The molecule has 190 valence electrons. The lowest BCUT2D eigenvalue weighted by Crippen LogP contribution is -2.53. The quantitative estimate of drug-likeness (QED) is 0.289. The molecule has 0 aliphatic carbocycles. The highest BCUT2D eigenvalue weighted by Gasteiger charge is 2.31. The number of rotatable bonds is 12. The van der Waals surface area contributed by atoms with Crippen LogP contribution in [0.3, 0.4) is 0 Å². The van der Waals surface area contributed by atoms with E-state index in [1.807, 2.05) is 92.7 Å². The number of halogens is 1. The number of carbonyl (C=O) groups is 2. The van der Waals surface area contributed by atoms with Crippen molar-refractivity contribution in [3.05, 3.63) is 93.6 Å². The van der Waals surface area contributed by atoms with Crippen LogP contribution >= 0.6 is 22.6 Å². The maximum Gasteiger partial charge on any atom is 0.261 e. The molecule has 0 radical (unpaired) electrons. The Labute approximate surface area is 227 Å². The van der Waals surface area contributed by atoms with Gasteiger partial charge < -0.3 is 19.7 Å². The molecule has 3 aromatic carbocycles. The molecule has 1 N–H and O–H groups in total. The van der Waals surface area contributed by atoms with Gasteiger partial charge in [0.05, 0.1) is 7.11 Å². The Morgan fingerprint density at radius 3 is 2.31 bits per heavy atom. The minimum absolute atomic E-state index is 0.00686. The largest absolute Gasteiger partial charge is 0.497 e. The van der Waals surface area contributed by atoms with E-state index in [0.29, 0.717) is 17.9 Å². The normalized spacial score (nSPS) is 12.3. The van der Waals surface area contributed by atoms with Gasteiger partial charge in [-0.15, -0.1) is 0 Å². The third-order valence-electron chi connectivity index (χ3n) is 5.94. The van der Waals surface area contributed by atoms with Gasteiger partial charge >= 0.3 is 0 Å². The number of ether oxygens (including phenoxy) is 2. The van der Waals surface area contributed by atoms with E-state index in [4.69, 9.17) is 9.47 Å². The molecule has 3 rings (SSSR count). The van der Waals surface area contributed by atoms with Crippen molar-refractivity contribution in [1.82, 2.24) is 10.2 Å². The predicted molar refractivity (Wildman–Crippen MR) is 150 cm³/mol. The van der Waals surface area contributed by atoms with Gasteiger partial charge in [-0.3, -0.25) is 9.59 Å². The van der Waals surface area contributed by atoms with Crippen molar-refractivity contribution < 1.29 is 19.1 Å². The van der Waals surface area contributed by atoms with Crippen molar-refractivity contribution in [1.29, 1.82) is 0 Å². The summed E-state index contributed by atoms with van der Waals surface area (Å²) in [6.45, 7) is 4.06. The summed E-state index contributed by atoms with van der Waals surface area (Å²) in [6, 6.07) is 24.1. The molecular formula is C29H33IN2O4. The molecule has 0 saturated carbocycles. The van der Waals surface area contributed by atoms with E-state index in [1.54, 1.807) is 12.0 Å². The standard InChI is InChI=1S/C29H33IN2O4/c1-4-21(2)31-29(34)27(18-22-9-6-5-7-10-22)32(19-23-11-8-12-26(17-23)35-3)28(33)20-36-25-15-13-24(30)14-16-25/h5-17,21,27H,4,18-20H2,1-3H3,(H,31,34)/t21-,27-/m0/s1. The van der Waals surface area contributed by atoms with Gasteiger partial charge in [0.15, 0.2) is 6.61 Å². The Kier molecular flexibility index (Phi) is 10.6. The van der Waals surface area contributed by atoms with Crippen molar-refractivity contribution >= 4 is 34.4 Å². The molecule has 0 unspecified atom stereocenters. The highest BCUT2D eigenvalue weighted by Crippen LogP contribution is 2.20. The summed E-state index contributed by atoms with van der Waals surface area (Å²) in [5, 5.41) is 3.07. The summed E-state index contributed by atoms with van der Waals surface area (Å²) in [5.74, 6) is 0.850. The second kappa shape index (κ2) is 13.9. The molecule has 2 amide bonds. The minimum atomic E-state index is -0.708. The molecule has 0 spiro atoms. The summed E-state index contributed by atoms with van der Waals surface area (Å²) in [6.07, 6.45) is 1.19. The van der Waals surface area contributed by atoms with Crippen molar-refractivity contribution in [3.63, 3.8) is 0 Å². The predicted octanol–water partition coefficient (Wildman–Crippen LogP) is 5.23. The zero-order valence-electron chi connectivity index (χ0n) is 20.9. The van der Waals surface area contributed by atoms with E-state index >= 15 is 0 Å². The van der Waals surface area contributed by atoms with E-state index in [-0.39, 0.29) is 31.0 Å². The third-order valence-corrected chi connectivity index (χ3v) is 6.65. The summed E-state index contributed by atoms with van der Waals surface area (Å²) >= 11 is 2.22. The van der Waals surface area contributed by atoms with Gasteiger partial charge in [0, 0.05) is 22.6 Å². The van der Waals surface area contributed by atoms with Crippen molar-refractivity contribution in [2.24, 2.45) is 0 Å². The number of amides is 2. The lowest BCUT2D eigenvalue weighted by atomic mass is 10.0. The Morgan fingerprint density at radius 2 is 1.64 bits per heavy atom. The Bertz CT molecular complexity index is 1120. The van der Waals surface area contributed by atoms with E-state index in [0.717, 1.165) is 21.1 Å². The molecule has 0 saturated heterocycles. The second-order valence-electron chi connectivity index (χ2n) is 8.64. The monoisotopic (exact) mass is 600 g/mol. The highest BCUT2D eigenvalue weighted by molar-refractivity contribution is 14.1. The zero-order chi connectivity index (χ0) is 25.9. The summed E-state index contributed by atoms with van der Waals surface area (Å²) in [4.78, 5) is 28.8. The van der Waals surface area contributed by atoms with Crippen LogP contribution in [0.5, 0.6) is 11.5 Å². The molecule has 3 aromatic rings. The molecule has 0 aliphatic heterocycles. The van der Waals surface area contributed by atoms with E-state index in [9.17, 15) is 9.59 Å². The van der Waals surface area contributed by atoms with Crippen LogP contribution in [-0.2, 0) is 22.6 Å². The first-order chi connectivity index (χ1) is 17.4. The van der Waals surface area contributed by atoms with Crippen LogP contribution in [0.4, 0.5) is 0 Å². The SMILES string of the molecule is CC[C@H](C)NC(=O)[C@H](Cc1ccccc1)N(Cc1cccc(OC)c1)C(=O)COc1ccc(I)cc1. The number of nitrogens with zero attached hydrogens (tertiary/aromatic N) is 1. The van der Waals surface area contributed by atoms with Gasteiger partial charge in [0.1, 0.15) is 17.5 Å². The van der Waals surface area contributed by atoms with Crippen LogP contribution in [-0.4, -0.2) is 42.5 Å². The molecule has 0 heterocycles. The van der Waals surface area contributed by atoms with E-state index in [1.165, 1.54) is 0 Å². The number of methoxy groups -OCH3 is 1. The lowest BCUT2D eigenvalue weighted by Gasteiger charge is -2.32. The number of hydrogen-bond donors (Lipinski definition) is 1. The maximum absolute atomic E-state index is 13.6. The molecule has 36 heavy (non-hydrogen) atoms. The van der Waals surface area contributed by atoms with E-state index in [2.05, 4.69) is 27.9 Å². The van der Waals surface area contributed by atoms with Crippen molar-refractivity contribution in [2.45, 2.75) is 45.3 Å². The summed E-state index contributed by atoms with van der Waals surface area (Å²) in [5.41, 5.74) is 1.84. The van der Waals surface area contributed by atoms with Gasteiger partial charge in [0.25, 0.3) is 5.91 Å². The van der Waals surface area contributed by atoms with Crippen LogP contribution < -0.4 is 14.8 Å². The van der Waals surface area contributed by atoms with Gasteiger partial charge in [0.2, 0.25) is 5.91 Å². The Morgan fingerprint density at radius 1 is 0.944 bits per heavy atom. The van der Waals surface area contributed by atoms with Gasteiger partial charge in [-0.2, -0.15) is 0 Å². The van der Waals surface area contributed by atoms with Crippen LogP contribution in [0.15, 0.2) is 78.9 Å². The van der Waals surface area contributed by atoms with Crippen molar-refractivity contribution in [2.75, 3.05) is 13.7 Å². The smallest absolute Gasteiger partial charge is 0.261 e. The molecular weight excluding hydrogens is 567 g/mol. The second-order valence-corrected chi connectivity index (χ2v) is 9.88. The number of hydrogen-bond acceptors (Lipinski definition) is 4. The van der Waals surface area contributed by atoms with Crippen molar-refractivity contribution in [3.8, 4) is 11.5 Å². The molecule has 7 heteroatoms. The Hall–Kier alpha value is -3.07. The Balaban J connectivity index is 1.92. The fraction of sp³-hybridized carbons (Fsp3) is 0.310. The molecule has 6 nitrogen and oxygen atoms in total. The zero-order valence-corrected chi connectivity index (χ0v) is 23.1. The molecule has 0 fully saturated rings. The number of nitrogens with one attached hydrogen (secondary N) is 1. The molecule has 0 aromatic heterocycles. The van der Waals surface area contributed by atoms with E-state index < -0.39 is 6.04 Å². The van der Waals surface area contributed by atoms with Crippen LogP contribution in [0.25, 0.3) is 0 Å². The van der Waals surface area contributed by atoms with Gasteiger partial charge in [-0.25, -0.2) is 0 Å². The number of carbonyl (C=O) groups excluding carboxylic acids is 2. The maximum atomic E-state index is 13.6. The number of benzene rings is 3. The van der Waals surface area contributed by atoms with Gasteiger partial charge in [-0.1, -0.05) is 49.4 Å². The van der Waals surface area contributed by atoms with Crippen LogP contribution in [0.1, 0.15) is 31.4 Å². The summed E-state index contributed by atoms with van der Waals surface area (Å²) in [7, 11) is 1.61. The fourth-order valence-corrected chi connectivity index (χ4v) is 4.08. The third kappa shape index (κ3) is 8.26. The first kappa shape index (κ1) is 27.5. The lowest BCUT2D eigenvalue weighted by molar-refractivity contribution is -0.143. The van der Waals surface area contributed by atoms with Gasteiger partial charge in [-0.05, 0) is 83.5 Å². The highest BCUT2D eigenvalue weighted by atomic mass is 127. The fourth-order valence-electron chi connectivity index (χ4n) is 3.72. The average molecular weight is 600 g/mol. The van der Waals surface area contributed by atoms with Crippen LogP contribution in [0.2, 0.25) is 0 Å². The first-order valence-electron chi connectivity index (χ1n) is 12.0. The average Bonchev–Trinajstić information content (AvgIpc) is 2.90. The first-order valence-corrected chi connectivity index (χ1v) is 13.1. The molecule has 0 aliphatic rings. The molecule has 2 atom stereocenters. The van der Waals surface area contributed by atoms with Crippen LogP contribution in [0, 0.1) is 3.57 Å². The summed E-state index contributed by atoms with van der Waals surface area (Å²) < 4.78 is 12.3. The molecule has 0 bridgehead atoms. The minimum Gasteiger partial charge on any atom is -0.497 e. The topological polar surface area (TPSA) is 67.9 Å².